The third-order valence-electron chi connectivity index (χ3n) is 2.62. The Morgan fingerprint density at radius 2 is 2.11 bits per heavy atom. The van der Waals surface area contributed by atoms with Crippen LogP contribution in [0.1, 0.15) is 24.2 Å². The van der Waals surface area contributed by atoms with Crippen LogP contribution >= 0.6 is 0 Å². The second kappa shape index (κ2) is 5.64. The van der Waals surface area contributed by atoms with E-state index in [4.69, 9.17) is 5.11 Å². The Morgan fingerprint density at radius 3 is 2.63 bits per heavy atom. The molecular formula is C12H16FN3O3. The lowest BCUT2D eigenvalue weighted by atomic mass is 9.92. The number of halogens is 1. The lowest BCUT2D eigenvalue weighted by Crippen LogP contribution is -2.39. The number of carbonyl (C=O) groups excluding carboxylic acids is 1. The molecule has 1 amide bonds. The molecule has 6 nitrogen and oxygen atoms in total. The number of nitrogens with zero attached hydrogens (tertiary/aromatic N) is 1. The number of nitrogens with one attached hydrogen (secondary N) is 2. The van der Waals surface area contributed by atoms with E-state index in [0.717, 1.165) is 12.3 Å². The number of amides is 1. The first-order valence-electron chi connectivity index (χ1n) is 5.63. The summed E-state index contributed by atoms with van der Waals surface area (Å²) in [4.78, 5) is 26.2. The molecule has 104 valence electrons. The van der Waals surface area contributed by atoms with Crippen LogP contribution in [0.4, 0.5) is 10.2 Å². The Balaban J connectivity index is 2.89. The van der Waals surface area contributed by atoms with Crippen molar-refractivity contribution in [1.82, 2.24) is 10.3 Å². The fourth-order valence-corrected chi connectivity index (χ4v) is 1.47. The van der Waals surface area contributed by atoms with Crippen molar-refractivity contribution in [3.63, 3.8) is 0 Å². The Labute approximate surface area is 110 Å². The van der Waals surface area contributed by atoms with E-state index in [1.807, 2.05) is 0 Å². The van der Waals surface area contributed by atoms with Crippen LogP contribution in [0, 0.1) is 11.2 Å². The summed E-state index contributed by atoms with van der Waals surface area (Å²) in [5.41, 5.74) is -1.02. The topological polar surface area (TPSA) is 91.3 Å². The van der Waals surface area contributed by atoms with Crippen LogP contribution in [0.15, 0.2) is 12.3 Å². The van der Waals surface area contributed by atoms with E-state index in [1.54, 1.807) is 13.8 Å². The highest BCUT2D eigenvalue weighted by molar-refractivity contribution is 5.93. The van der Waals surface area contributed by atoms with Gasteiger partial charge in [-0.05, 0) is 19.9 Å². The molecular weight excluding hydrogens is 253 g/mol. The molecule has 19 heavy (non-hydrogen) atoms. The summed E-state index contributed by atoms with van der Waals surface area (Å²) in [6.07, 6.45) is 0.918. The zero-order valence-electron chi connectivity index (χ0n) is 11.0. The third-order valence-corrected chi connectivity index (χ3v) is 2.62. The number of rotatable bonds is 5. The quantitative estimate of drug-likeness (QED) is 0.744. The Hall–Kier alpha value is -2.18. The van der Waals surface area contributed by atoms with Crippen molar-refractivity contribution in [3.05, 3.63) is 23.6 Å². The van der Waals surface area contributed by atoms with E-state index in [2.05, 4.69) is 15.6 Å². The molecule has 1 rings (SSSR count). The maximum atomic E-state index is 12.9. The molecule has 0 fully saturated rings. The second-order valence-electron chi connectivity index (χ2n) is 4.67. The molecule has 0 aromatic carbocycles. The third kappa shape index (κ3) is 3.64. The van der Waals surface area contributed by atoms with Crippen LogP contribution in [0.3, 0.4) is 0 Å². The lowest BCUT2D eigenvalue weighted by Gasteiger charge is -2.23. The highest BCUT2D eigenvalue weighted by atomic mass is 19.1. The van der Waals surface area contributed by atoms with Crippen LogP contribution < -0.4 is 10.6 Å². The van der Waals surface area contributed by atoms with Gasteiger partial charge in [-0.2, -0.15) is 0 Å². The SMILES string of the molecule is CNC(=O)C(C)(C)CNc1ncc(F)cc1C(=O)O. The molecule has 0 unspecified atom stereocenters. The summed E-state index contributed by atoms with van der Waals surface area (Å²) in [6.45, 7) is 3.57. The standard InChI is InChI=1S/C12H16FN3O3/c1-12(2,11(19)14-3)6-16-9-8(10(17)18)4-7(13)5-15-9/h4-5H,6H2,1-3H3,(H,14,19)(H,15,16)(H,17,18). The van der Waals surface area contributed by atoms with Gasteiger partial charge >= 0.3 is 5.97 Å². The van der Waals surface area contributed by atoms with Gasteiger partial charge in [0, 0.05) is 13.6 Å². The number of aromatic carboxylic acids is 1. The lowest BCUT2D eigenvalue weighted by molar-refractivity contribution is -0.128. The van der Waals surface area contributed by atoms with Crippen molar-refractivity contribution >= 4 is 17.7 Å². The highest BCUT2D eigenvalue weighted by Gasteiger charge is 2.27. The van der Waals surface area contributed by atoms with Gasteiger partial charge in [0.2, 0.25) is 5.91 Å². The van der Waals surface area contributed by atoms with Gasteiger partial charge in [0.25, 0.3) is 0 Å². The van der Waals surface area contributed by atoms with Gasteiger partial charge in [-0.15, -0.1) is 0 Å². The minimum atomic E-state index is -1.28. The maximum absolute atomic E-state index is 12.9. The number of carboxylic acid groups (broad SMARTS) is 1. The van der Waals surface area contributed by atoms with Crippen LogP contribution in [-0.2, 0) is 4.79 Å². The van der Waals surface area contributed by atoms with E-state index in [9.17, 15) is 14.0 Å². The second-order valence-corrected chi connectivity index (χ2v) is 4.67. The number of aromatic nitrogens is 1. The summed E-state index contributed by atoms with van der Waals surface area (Å²) in [5.74, 6) is -2.18. The summed E-state index contributed by atoms with van der Waals surface area (Å²) in [5, 5.41) is 14.2. The number of pyridine rings is 1. The Bertz CT molecular complexity index is 503. The highest BCUT2D eigenvalue weighted by Crippen LogP contribution is 2.19. The van der Waals surface area contributed by atoms with Crippen molar-refractivity contribution in [2.24, 2.45) is 5.41 Å². The predicted molar refractivity (Wildman–Crippen MR) is 67.5 cm³/mol. The van der Waals surface area contributed by atoms with Gasteiger partial charge in [-0.3, -0.25) is 4.79 Å². The average Bonchev–Trinajstić information content (AvgIpc) is 2.36. The smallest absolute Gasteiger partial charge is 0.339 e. The first-order valence-corrected chi connectivity index (χ1v) is 5.63. The number of carboxylic acids is 1. The molecule has 0 spiro atoms. The first kappa shape index (κ1) is 14.9. The van der Waals surface area contributed by atoms with Gasteiger partial charge in [0.15, 0.2) is 0 Å². The van der Waals surface area contributed by atoms with Crippen LogP contribution in [0.25, 0.3) is 0 Å². The average molecular weight is 269 g/mol. The Kier molecular flexibility index (Phi) is 4.42. The summed E-state index contributed by atoms with van der Waals surface area (Å²) in [7, 11) is 1.52. The van der Waals surface area contributed by atoms with Gasteiger partial charge in [-0.25, -0.2) is 14.2 Å². The van der Waals surface area contributed by atoms with Crippen molar-refractivity contribution in [3.8, 4) is 0 Å². The van der Waals surface area contributed by atoms with Crippen molar-refractivity contribution in [1.29, 1.82) is 0 Å². The van der Waals surface area contributed by atoms with Crippen molar-refractivity contribution < 1.29 is 19.1 Å². The van der Waals surface area contributed by atoms with E-state index in [-0.39, 0.29) is 23.8 Å². The monoisotopic (exact) mass is 269 g/mol. The molecule has 0 saturated heterocycles. The zero-order valence-corrected chi connectivity index (χ0v) is 11.0. The molecule has 0 aliphatic carbocycles. The first-order chi connectivity index (χ1) is 8.77. The minimum Gasteiger partial charge on any atom is -0.478 e. The summed E-state index contributed by atoms with van der Waals surface area (Å²) in [6, 6.07) is 0.880. The number of carbonyl (C=O) groups is 2. The normalized spacial score (nSPS) is 10.9. The zero-order chi connectivity index (χ0) is 14.6. The molecule has 0 bridgehead atoms. The van der Waals surface area contributed by atoms with E-state index < -0.39 is 17.2 Å². The molecule has 7 heteroatoms. The number of hydrogen-bond acceptors (Lipinski definition) is 4. The Morgan fingerprint density at radius 1 is 1.47 bits per heavy atom. The molecule has 1 aromatic rings. The van der Waals surface area contributed by atoms with Crippen LogP contribution in [-0.4, -0.2) is 35.6 Å². The number of anilines is 1. The molecule has 0 aliphatic heterocycles. The minimum absolute atomic E-state index is 0.0332. The molecule has 3 N–H and O–H groups in total. The van der Waals surface area contributed by atoms with E-state index in [0.29, 0.717) is 0 Å². The van der Waals surface area contributed by atoms with Gasteiger partial charge in [0.1, 0.15) is 17.2 Å². The van der Waals surface area contributed by atoms with Crippen molar-refractivity contribution in [2.45, 2.75) is 13.8 Å². The van der Waals surface area contributed by atoms with E-state index >= 15 is 0 Å². The number of hydrogen-bond donors (Lipinski definition) is 3. The van der Waals surface area contributed by atoms with E-state index in [1.165, 1.54) is 7.05 Å². The van der Waals surface area contributed by atoms with Gasteiger partial charge in [-0.1, -0.05) is 0 Å². The predicted octanol–water partition coefficient (Wildman–Crippen LogP) is 1.10. The van der Waals surface area contributed by atoms with Gasteiger partial charge < -0.3 is 15.7 Å². The molecule has 1 heterocycles. The molecule has 0 radical (unpaired) electrons. The summed E-state index contributed by atoms with van der Waals surface area (Å²) >= 11 is 0. The maximum Gasteiger partial charge on any atom is 0.339 e. The molecule has 0 aliphatic rings. The van der Waals surface area contributed by atoms with Gasteiger partial charge in [0.05, 0.1) is 11.6 Å². The molecule has 0 atom stereocenters. The van der Waals surface area contributed by atoms with Crippen LogP contribution in [0.5, 0.6) is 0 Å². The fourth-order valence-electron chi connectivity index (χ4n) is 1.47. The largest absolute Gasteiger partial charge is 0.478 e. The molecule has 1 aromatic heterocycles. The summed E-state index contributed by atoms with van der Waals surface area (Å²) < 4.78 is 12.9. The fraction of sp³-hybridized carbons (Fsp3) is 0.417. The van der Waals surface area contributed by atoms with Crippen LogP contribution in [0.2, 0.25) is 0 Å². The van der Waals surface area contributed by atoms with Crippen molar-refractivity contribution in [2.75, 3.05) is 18.9 Å². The molecule has 0 saturated carbocycles.